The second kappa shape index (κ2) is 9.85. The highest BCUT2D eigenvalue weighted by molar-refractivity contribution is 7.89. The van der Waals surface area contributed by atoms with Crippen LogP contribution < -0.4 is 9.64 Å². The molecule has 1 atom stereocenters. The lowest BCUT2D eigenvalue weighted by molar-refractivity contribution is 0.0735. The van der Waals surface area contributed by atoms with Gasteiger partial charge in [0.2, 0.25) is 10.0 Å². The maximum atomic E-state index is 13.0. The van der Waals surface area contributed by atoms with Crippen LogP contribution in [-0.2, 0) is 10.0 Å². The fraction of sp³-hybridized carbons (Fsp3) is 0.440. The van der Waals surface area contributed by atoms with Crippen LogP contribution in [0.2, 0.25) is 0 Å². The van der Waals surface area contributed by atoms with E-state index in [0.717, 1.165) is 54.4 Å². The number of hydrogen-bond acceptors (Lipinski definition) is 8. The SMILES string of the molecule is CC1CCCN(S(=O)(=O)c2ccc(C(=O)Oc3ccc4nc(N5CCN(C)CC5)sc4c3)cc2)C1. The molecule has 0 bridgehead atoms. The van der Waals surface area contributed by atoms with Crippen LogP contribution in [0.5, 0.6) is 5.75 Å². The molecule has 2 aliphatic heterocycles. The third kappa shape index (κ3) is 5.20. The lowest BCUT2D eigenvalue weighted by Crippen LogP contribution is -2.44. The number of ether oxygens (including phenoxy) is 1. The fourth-order valence-corrected chi connectivity index (χ4v) is 7.18. The van der Waals surface area contributed by atoms with E-state index >= 15 is 0 Å². The van der Waals surface area contributed by atoms with Gasteiger partial charge in [-0.1, -0.05) is 18.3 Å². The van der Waals surface area contributed by atoms with E-state index in [9.17, 15) is 13.2 Å². The molecule has 0 saturated carbocycles. The van der Waals surface area contributed by atoms with E-state index in [1.807, 2.05) is 12.1 Å². The molecule has 0 aliphatic carbocycles. The summed E-state index contributed by atoms with van der Waals surface area (Å²) < 4.78 is 34.0. The van der Waals surface area contributed by atoms with Gasteiger partial charge in [-0.15, -0.1) is 0 Å². The maximum absolute atomic E-state index is 13.0. The molecule has 10 heteroatoms. The van der Waals surface area contributed by atoms with E-state index in [0.29, 0.717) is 30.3 Å². The summed E-state index contributed by atoms with van der Waals surface area (Å²) in [7, 11) is -1.44. The first kappa shape index (κ1) is 24.2. The van der Waals surface area contributed by atoms with Gasteiger partial charge in [-0.25, -0.2) is 18.2 Å². The Balaban J connectivity index is 1.27. The molecule has 186 valence electrons. The van der Waals surface area contributed by atoms with E-state index in [1.165, 1.54) is 28.6 Å². The number of piperidine rings is 1. The maximum Gasteiger partial charge on any atom is 0.343 e. The number of aromatic nitrogens is 1. The zero-order valence-corrected chi connectivity index (χ0v) is 21.6. The van der Waals surface area contributed by atoms with Crippen molar-refractivity contribution in [2.24, 2.45) is 5.92 Å². The summed E-state index contributed by atoms with van der Waals surface area (Å²) in [6.45, 7) is 7.04. The predicted molar refractivity (Wildman–Crippen MR) is 138 cm³/mol. The lowest BCUT2D eigenvalue weighted by atomic mass is 10.0. The number of sulfonamides is 1. The van der Waals surface area contributed by atoms with Gasteiger partial charge in [0.25, 0.3) is 0 Å². The zero-order valence-electron chi connectivity index (χ0n) is 20.0. The molecular formula is C25H30N4O4S2. The molecule has 2 aliphatic rings. The molecule has 5 rings (SSSR count). The second-order valence-corrected chi connectivity index (χ2v) is 12.4. The van der Waals surface area contributed by atoms with Crippen LogP contribution in [0.15, 0.2) is 47.4 Å². The van der Waals surface area contributed by atoms with Crippen molar-refractivity contribution in [1.82, 2.24) is 14.2 Å². The number of carbonyl (C=O) groups is 1. The second-order valence-electron chi connectivity index (χ2n) is 9.44. The van der Waals surface area contributed by atoms with Crippen molar-refractivity contribution in [1.29, 1.82) is 0 Å². The normalized spacial score (nSPS) is 20.3. The summed E-state index contributed by atoms with van der Waals surface area (Å²) in [5.74, 6) is 0.264. The summed E-state index contributed by atoms with van der Waals surface area (Å²) in [6, 6.07) is 11.4. The molecule has 8 nitrogen and oxygen atoms in total. The number of carbonyl (C=O) groups excluding carboxylic acids is 1. The van der Waals surface area contributed by atoms with Crippen molar-refractivity contribution >= 4 is 42.7 Å². The van der Waals surface area contributed by atoms with Gasteiger partial charge in [0.15, 0.2) is 5.13 Å². The third-order valence-electron chi connectivity index (χ3n) is 6.68. The molecule has 1 unspecified atom stereocenters. The Morgan fingerprint density at radius 3 is 2.51 bits per heavy atom. The van der Waals surface area contributed by atoms with Crippen molar-refractivity contribution < 1.29 is 17.9 Å². The van der Waals surface area contributed by atoms with E-state index in [4.69, 9.17) is 9.72 Å². The van der Waals surface area contributed by atoms with Crippen LogP contribution in [0.25, 0.3) is 10.2 Å². The van der Waals surface area contributed by atoms with Gasteiger partial charge in [0, 0.05) is 45.3 Å². The standard InChI is InChI=1S/C25H30N4O4S2/c1-18-4-3-11-29(17-18)35(31,32)21-8-5-19(6-9-21)24(30)33-20-7-10-22-23(16-20)34-25(26-22)28-14-12-27(2)13-15-28/h5-10,16,18H,3-4,11-15,17H2,1-2H3. The van der Waals surface area contributed by atoms with Gasteiger partial charge in [-0.3, -0.25) is 0 Å². The highest BCUT2D eigenvalue weighted by Crippen LogP contribution is 2.32. The third-order valence-corrected chi connectivity index (χ3v) is 9.64. The Bertz CT molecular complexity index is 1310. The van der Waals surface area contributed by atoms with Crippen molar-refractivity contribution in [3.63, 3.8) is 0 Å². The number of hydrogen-bond donors (Lipinski definition) is 0. The number of anilines is 1. The fourth-order valence-electron chi connectivity index (χ4n) is 4.53. The molecule has 3 aromatic rings. The van der Waals surface area contributed by atoms with Gasteiger partial charge >= 0.3 is 5.97 Å². The molecule has 1 aromatic heterocycles. The number of nitrogens with zero attached hydrogens (tertiary/aromatic N) is 4. The number of thiazole rings is 1. The van der Waals surface area contributed by atoms with Crippen LogP contribution in [-0.4, -0.2) is 74.9 Å². The van der Waals surface area contributed by atoms with Crippen molar-refractivity contribution in [2.75, 3.05) is 51.2 Å². The molecule has 0 N–H and O–H groups in total. The Morgan fingerprint density at radius 1 is 1.06 bits per heavy atom. The van der Waals surface area contributed by atoms with E-state index < -0.39 is 16.0 Å². The molecule has 3 heterocycles. The first-order valence-electron chi connectivity index (χ1n) is 12.0. The average Bonchev–Trinajstić information content (AvgIpc) is 3.28. The van der Waals surface area contributed by atoms with Crippen molar-refractivity contribution in [3.05, 3.63) is 48.0 Å². The Hall–Kier alpha value is -2.53. The minimum absolute atomic E-state index is 0.200. The Morgan fingerprint density at radius 2 is 1.80 bits per heavy atom. The largest absolute Gasteiger partial charge is 0.423 e. The molecule has 0 spiro atoms. The summed E-state index contributed by atoms with van der Waals surface area (Å²) >= 11 is 1.59. The first-order valence-corrected chi connectivity index (χ1v) is 14.2. The Labute approximate surface area is 210 Å². The molecule has 0 amide bonds. The van der Waals surface area contributed by atoms with Crippen LogP contribution in [0, 0.1) is 5.92 Å². The van der Waals surface area contributed by atoms with Gasteiger partial charge in [-0.2, -0.15) is 4.31 Å². The molecular weight excluding hydrogens is 484 g/mol. The quantitative estimate of drug-likeness (QED) is 0.379. The number of esters is 1. The van der Waals surface area contributed by atoms with E-state index in [1.54, 1.807) is 17.4 Å². The number of rotatable bonds is 5. The van der Waals surface area contributed by atoms with Crippen molar-refractivity contribution in [3.8, 4) is 5.75 Å². The molecule has 35 heavy (non-hydrogen) atoms. The van der Waals surface area contributed by atoms with Gasteiger partial charge in [0.05, 0.1) is 20.7 Å². The van der Waals surface area contributed by atoms with E-state index in [-0.39, 0.29) is 4.90 Å². The number of fused-ring (bicyclic) bond motifs is 1. The van der Waals surface area contributed by atoms with Crippen LogP contribution >= 0.6 is 11.3 Å². The molecule has 2 aromatic carbocycles. The zero-order chi connectivity index (χ0) is 24.6. The minimum atomic E-state index is -3.56. The van der Waals surface area contributed by atoms with Gasteiger partial charge < -0.3 is 14.5 Å². The first-order chi connectivity index (χ1) is 16.8. The number of likely N-dealkylation sites (N-methyl/N-ethyl adjacent to an activating group) is 1. The highest BCUT2D eigenvalue weighted by Gasteiger charge is 2.28. The predicted octanol–water partition coefficient (Wildman–Crippen LogP) is 3.69. The van der Waals surface area contributed by atoms with Gasteiger partial charge in [0.1, 0.15) is 5.75 Å². The topological polar surface area (TPSA) is 83.0 Å². The minimum Gasteiger partial charge on any atom is -0.423 e. The number of benzene rings is 2. The average molecular weight is 515 g/mol. The molecule has 2 fully saturated rings. The van der Waals surface area contributed by atoms with Gasteiger partial charge in [-0.05, 0) is 62.2 Å². The monoisotopic (exact) mass is 514 g/mol. The summed E-state index contributed by atoms with van der Waals surface area (Å²) in [5, 5.41) is 0.983. The molecule has 2 saturated heterocycles. The van der Waals surface area contributed by atoms with Crippen LogP contribution in [0.3, 0.4) is 0 Å². The van der Waals surface area contributed by atoms with Crippen molar-refractivity contribution in [2.45, 2.75) is 24.7 Å². The highest BCUT2D eigenvalue weighted by atomic mass is 32.2. The van der Waals surface area contributed by atoms with Crippen LogP contribution in [0.1, 0.15) is 30.1 Å². The smallest absolute Gasteiger partial charge is 0.343 e. The van der Waals surface area contributed by atoms with Crippen LogP contribution in [0.4, 0.5) is 5.13 Å². The lowest BCUT2D eigenvalue weighted by Gasteiger charge is -2.31. The summed E-state index contributed by atoms with van der Waals surface area (Å²) in [6.07, 6.45) is 1.91. The van der Waals surface area contributed by atoms with E-state index in [2.05, 4.69) is 23.8 Å². The summed E-state index contributed by atoms with van der Waals surface area (Å²) in [5.41, 5.74) is 1.18. The molecule has 0 radical (unpaired) electrons. The number of piperazine rings is 1. The summed E-state index contributed by atoms with van der Waals surface area (Å²) in [4.78, 5) is 22.3. The Kier molecular flexibility index (Phi) is 6.80.